The molecule has 2 atom stereocenters. The molecule has 0 saturated carbocycles. The maximum atomic E-state index is 12.7. The van der Waals surface area contributed by atoms with Crippen LogP contribution in [0.2, 0.25) is 0 Å². The first-order valence-corrected chi connectivity index (χ1v) is 25.8. The zero-order chi connectivity index (χ0) is 42.6. The summed E-state index contributed by atoms with van der Waals surface area (Å²) in [5.74, 6) is 0.801. The van der Waals surface area contributed by atoms with E-state index in [2.05, 4.69) is 34.6 Å². The van der Waals surface area contributed by atoms with Gasteiger partial charge in [-0.1, -0.05) is 247 Å². The van der Waals surface area contributed by atoms with Gasteiger partial charge in [0.25, 0.3) is 0 Å². The van der Waals surface area contributed by atoms with Crippen LogP contribution in [0, 0.1) is 11.8 Å². The molecule has 6 heteroatoms. The minimum Gasteiger partial charge on any atom is -0.462 e. The zero-order valence-corrected chi connectivity index (χ0v) is 39.7. The lowest BCUT2D eigenvalue weighted by molar-refractivity contribution is -0.167. The molecule has 1 unspecified atom stereocenters. The van der Waals surface area contributed by atoms with Crippen LogP contribution in [0.5, 0.6) is 0 Å². The molecule has 0 aliphatic carbocycles. The number of hydrogen-bond acceptors (Lipinski definition) is 6. The highest BCUT2D eigenvalue weighted by Crippen LogP contribution is 2.18. The SMILES string of the molecule is CCCCCCCCCCCCCCCC(=O)OC[C@H](COC(=O)CCCCCCCCCCCCCCCCC(C)CC)OC(=O)CCCCCCCCC(C)C. The lowest BCUT2D eigenvalue weighted by Crippen LogP contribution is -2.30. The van der Waals surface area contributed by atoms with Crippen LogP contribution < -0.4 is 0 Å². The Morgan fingerprint density at radius 1 is 0.362 bits per heavy atom. The van der Waals surface area contributed by atoms with Crippen molar-refractivity contribution in [1.29, 1.82) is 0 Å². The third-order valence-electron chi connectivity index (χ3n) is 12.1. The third kappa shape index (κ3) is 44.0. The van der Waals surface area contributed by atoms with E-state index in [0.717, 1.165) is 69.6 Å². The minimum absolute atomic E-state index is 0.0648. The summed E-state index contributed by atoms with van der Waals surface area (Å²) in [5, 5.41) is 0. The van der Waals surface area contributed by atoms with Gasteiger partial charge in [0, 0.05) is 19.3 Å². The molecule has 344 valence electrons. The van der Waals surface area contributed by atoms with E-state index in [1.54, 1.807) is 0 Å². The maximum Gasteiger partial charge on any atom is 0.306 e. The van der Waals surface area contributed by atoms with Crippen LogP contribution in [0.4, 0.5) is 0 Å². The Kier molecular flexibility index (Phi) is 43.7. The number of hydrogen-bond donors (Lipinski definition) is 0. The fourth-order valence-electron chi connectivity index (χ4n) is 7.78. The topological polar surface area (TPSA) is 78.9 Å². The van der Waals surface area contributed by atoms with Gasteiger partial charge < -0.3 is 14.2 Å². The molecule has 0 rings (SSSR count). The molecule has 58 heavy (non-hydrogen) atoms. The van der Waals surface area contributed by atoms with Crippen molar-refractivity contribution >= 4 is 17.9 Å². The number of ether oxygens (including phenoxy) is 3. The Bertz CT molecular complexity index is 887. The highest BCUT2D eigenvalue weighted by Gasteiger charge is 2.19. The second-order valence-corrected chi connectivity index (χ2v) is 18.5. The van der Waals surface area contributed by atoms with Gasteiger partial charge in [0.05, 0.1) is 0 Å². The molecule has 0 heterocycles. The fraction of sp³-hybridized carbons (Fsp3) is 0.942. The number of unbranched alkanes of at least 4 members (excludes halogenated alkanes) is 30. The highest BCUT2D eigenvalue weighted by molar-refractivity contribution is 5.71. The molecule has 0 aromatic heterocycles. The van der Waals surface area contributed by atoms with Gasteiger partial charge in [-0.2, -0.15) is 0 Å². The van der Waals surface area contributed by atoms with Gasteiger partial charge in [-0.3, -0.25) is 14.4 Å². The standard InChI is InChI=1S/C52H100O6/c1-6-8-9-10-11-12-13-16-20-23-26-32-37-42-50(53)56-45-49(58-52(55)44-39-34-29-28-30-35-40-47(3)4)46-57-51(54)43-38-33-27-24-21-18-15-14-17-19-22-25-31-36-41-48(5)7-2/h47-49H,6-46H2,1-5H3/t48?,49-/m1/s1. The first-order valence-electron chi connectivity index (χ1n) is 25.8. The van der Waals surface area contributed by atoms with E-state index in [0.29, 0.717) is 19.3 Å². The molecule has 0 N–H and O–H groups in total. The summed E-state index contributed by atoms with van der Waals surface area (Å²) in [6, 6.07) is 0. The van der Waals surface area contributed by atoms with Gasteiger partial charge >= 0.3 is 17.9 Å². The van der Waals surface area contributed by atoms with Crippen molar-refractivity contribution in [3.8, 4) is 0 Å². The predicted octanol–water partition coefficient (Wildman–Crippen LogP) is 16.5. The van der Waals surface area contributed by atoms with Crippen molar-refractivity contribution in [2.24, 2.45) is 11.8 Å². The Morgan fingerprint density at radius 3 is 0.983 bits per heavy atom. The van der Waals surface area contributed by atoms with E-state index in [1.165, 1.54) is 173 Å². The summed E-state index contributed by atoms with van der Waals surface area (Å²) in [6.07, 6.45) is 45.2. The number of carbonyl (C=O) groups is 3. The Balaban J connectivity index is 4.23. The molecule has 0 aromatic carbocycles. The molecule has 0 amide bonds. The van der Waals surface area contributed by atoms with Gasteiger partial charge in [0.2, 0.25) is 0 Å². The second kappa shape index (κ2) is 44.9. The van der Waals surface area contributed by atoms with Crippen LogP contribution in [0.25, 0.3) is 0 Å². The van der Waals surface area contributed by atoms with E-state index in [9.17, 15) is 14.4 Å². The quantitative estimate of drug-likeness (QED) is 0.0346. The molecular weight excluding hydrogens is 721 g/mol. The zero-order valence-electron chi connectivity index (χ0n) is 39.7. The summed E-state index contributed by atoms with van der Waals surface area (Å²) in [6.45, 7) is 11.3. The van der Waals surface area contributed by atoms with E-state index in [1.807, 2.05) is 0 Å². The first-order chi connectivity index (χ1) is 28.3. The summed E-state index contributed by atoms with van der Waals surface area (Å²) in [5.41, 5.74) is 0. The van der Waals surface area contributed by atoms with E-state index in [4.69, 9.17) is 14.2 Å². The summed E-state index contributed by atoms with van der Waals surface area (Å²) >= 11 is 0. The average Bonchev–Trinajstić information content (AvgIpc) is 3.21. The largest absolute Gasteiger partial charge is 0.462 e. The third-order valence-corrected chi connectivity index (χ3v) is 12.1. The predicted molar refractivity (Wildman–Crippen MR) is 247 cm³/mol. The van der Waals surface area contributed by atoms with E-state index in [-0.39, 0.29) is 31.1 Å². The van der Waals surface area contributed by atoms with Crippen LogP contribution in [0.15, 0.2) is 0 Å². The molecule has 0 spiro atoms. The van der Waals surface area contributed by atoms with Crippen molar-refractivity contribution in [2.75, 3.05) is 13.2 Å². The Morgan fingerprint density at radius 2 is 0.655 bits per heavy atom. The smallest absolute Gasteiger partial charge is 0.306 e. The molecule has 0 bridgehead atoms. The fourth-order valence-corrected chi connectivity index (χ4v) is 7.78. The van der Waals surface area contributed by atoms with Crippen molar-refractivity contribution < 1.29 is 28.6 Å². The van der Waals surface area contributed by atoms with Crippen molar-refractivity contribution in [3.63, 3.8) is 0 Å². The van der Waals surface area contributed by atoms with Crippen LogP contribution in [-0.4, -0.2) is 37.2 Å². The second-order valence-electron chi connectivity index (χ2n) is 18.5. The maximum absolute atomic E-state index is 12.7. The highest BCUT2D eigenvalue weighted by atomic mass is 16.6. The normalized spacial score (nSPS) is 12.5. The van der Waals surface area contributed by atoms with Gasteiger partial charge in [-0.05, 0) is 31.1 Å². The van der Waals surface area contributed by atoms with E-state index >= 15 is 0 Å². The van der Waals surface area contributed by atoms with Crippen molar-refractivity contribution in [1.82, 2.24) is 0 Å². The van der Waals surface area contributed by atoms with Gasteiger partial charge in [-0.15, -0.1) is 0 Å². The van der Waals surface area contributed by atoms with Crippen LogP contribution in [0.1, 0.15) is 285 Å². The minimum atomic E-state index is -0.762. The molecular formula is C52H100O6. The van der Waals surface area contributed by atoms with E-state index < -0.39 is 6.10 Å². The van der Waals surface area contributed by atoms with Crippen molar-refractivity contribution in [2.45, 2.75) is 291 Å². The molecule has 0 fully saturated rings. The summed E-state index contributed by atoms with van der Waals surface area (Å²) < 4.78 is 16.8. The van der Waals surface area contributed by atoms with Crippen molar-refractivity contribution in [3.05, 3.63) is 0 Å². The number of rotatable bonds is 46. The van der Waals surface area contributed by atoms with Gasteiger partial charge in [0.15, 0.2) is 6.10 Å². The molecule has 0 saturated heterocycles. The van der Waals surface area contributed by atoms with Gasteiger partial charge in [0.1, 0.15) is 13.2 Å². The monoisotopic (exact) mass is 821 g/mol. The van der Waals surface area contributed by atoms with Crippen LogP contribution in [-0.2, 0) is 28.6 Å². The van der Waals surface area contributed by atoms with Gasteiger partial charge in [-0.25, -0.2) is 0 Å². The number of esters is 3. The molecule has 0 aliphatic heterocycles. The molecule has 0 radical (unpaired) electrons. The first kappa shape index (κ1) is 56.4. The lowest BCUT2D eigenvalue weighted by Gasteiger charge is -2.18. The molecule has 0 aromatic rings. The number of carbonyl (C=O) groups excluding carboxylic acids is 3. The summed E-state index contributed by atoms with van der Waals surface area (Å²) in [4.78, 5) is 37.8. The van der Waals surface area contributed by atoms with Crippen LogP contribution >= 0.6 is 0 Å². The summed E-state index contributed by atoms with van der Waals surface area (Å²) in [7, 11) is 0. The Labute approximate surface area is 361 Å². The van der Waals surface area contributed by atoms with Crippen LogP contribution in [0.3, 0.4) is 0 Å². The average molecular weight is 821 g/mol. The lowest BCUT2D eigenvalue weighted by atomic mass is 9.99. The molecule has 6 nitrogen and oxygen atoms in total. The Hall–Kier alpha value is -1.59. The molecule has 0 aliphatic rings.